The number of carbonyl (C=O) groups excluding carboxylic acids is 2. The molecule has 7 unspecified atom stereocenters. The molecule has 0 aromatic carbocycles. The van der Waals surface area contributed by atoms with Gasteiger partial charge in [0.05, 0.1) is 32.0 Å². The fraction of sp³-hybridized carbons (Fsp3) is 0.851. The maximum Gasteiger partial charge on any atom is 0.305 e. The van der Waals surface area contributed by atoms with Crippen molar-refractivity contribution < 1.29 is 49.3 Å². The van der Waals surface area contributed by atoms with E-state index in [1.807, 2.05) is 6.08 Å². The fourth-order valence-corrected chi connectivity index (χ4v) is 10.2. The zero-order valence-electron chi connectivity index (χ0n) is 50.4. The maximum atomic E-state index is 13.0. The number of esters is 1. The lowest BCUT2D eigenvalue weighted by atomic mass is 9.99. The normalized spacial score (nSPS) is 18.8. The lowest BCUT2D eigenvalue weighted by molar-refractivity contribution is -0.302. The van der Waals surface area contributed by atoms with Crippen LogP contribution in [0.2, 0.25) is 0 Å². The van der Waals surface area contributed by atoms with Crippen molar-refractivity contribution in [2.24, 2.45) is 0 Å². The van der Waals surface area contributed by atoms with Crippen LogP contribution in [0, 0.1) is 0 Å². The number of carbonyl (C=O) groups is 2. The predicted molar refractivity (Wildman–Crippen MR) is 324 cm³/mol. The minimum Gasteiger partial charge on any atom is -0.466 e. The van der Waals surface area contributed by atoms with Crippen LogP contribution in [0.15, 0.2) is 48.6 Å². The first-order valence-corrected chi connectivity index (χ1v) is 32.9. The molecule has 11 nitrogen and oxygen atoms in total. The molecule has 1 aliphatic rings. The topological polar surface area (TPSA) is 175 Å². The van der Waals surface area contributed by atoms with Gasteiger partial charge in [-0.25, -0.2) is 0 Å². The summed E-state index contributed by atoms with van der Waals surface area (Å²) in [5.41, 5.74) is 0. The van der Waals surface area contributed by atoms with Crippen molar-refractivity contribution in [2.75, 3.05) is 19.8 Å². The van der Waals surface area contributed by atoms with Crippen LogP contribution in [0.25, 0.3) is 0 Å². The summed E-state index contributed by atoms with van der Waals surface area (Å²) in [6.45, 7) is 4.26. The Morgan fingerprint density at radius 1 is 0.474 bits per heavy atom. The SMILES string of the molecule is CCC/C=C\C/C=C\CCCCCCCC(=O)OCCCCCCCCCCCCCC/C=C\CCCCCCCCCCCCCCC(=O)NC(COC1OC(CO)C(O)C(O)C1O)C(O)/C=C/CCCCCCCCC. The van der Waals surface area contributed by atoms with Crippen LogP contribution in [-0.2, 0) is 23.8 Å². The Morgan fingerprint density at radius 2 is 0.885 bits per heavy atom. The van der Waals surface area contributed by atoms with Crippen molar-refractivity contribution in [2.45, 2.75) is 346 Å². The minimum absolute atomic E-state index is 0.00905. The summed E-state index contributed by atoms with van der Waals surface area (Å²) in [5.74, 6) is -0.193. The first kappa shape index (κ1) is 73.6. The lowest BCUT2D eigenvalue weighted by Gasteiger charge is -2.40. The van der Waals surface area contributed by atoms with Gasteiger partial charge in [0, 0.05) is 12.8 Å². The number of rotatable bonds is 57. The van der Waals surface area contributed by atoms with Crippen molar-refractivity contribution in [3.05, 3.63) is 48.6 Å². The largest absolute Gasteiger partial charge is 0.466 e. The van der Waals surface area contributed by atoms with Gasteiger partial charge in [-0.2, -0.15) is 0 Å². The fourth-order valence-electron chi connectivity index (χ4n) is 10.2. The second kappa shape index (κ2) is 56.5. The zero-order chi connectivity index (χ0) is 56.6. The molecule has 78 heavy (non-hydrogen) atoms. The summed E-state index contributed by atoms with van der Waals surface area (Å²) in [6, 6.07) is -0.809. The molecule has 0 aliphatic carbocycles. The lowest BCUT2D eigenvalue weighted by Crippen LogP contribution is -2.60. The van der Waals surface area contributed by atoms with Crippen molar-refractivity contribution in [1.82, 2.24) is 5.32 Å². The second-order valence-corrected chi connectivity index (χ2v) is 22.8. The number of hydrogen-bond acceptors (Lipinski definition) is 10. The minimum atomic E-state index is -1.57. The molecule has 0 bridgehead atoms. The predicted octanol–water partition coefficient (Wildman–Crippen LogP) is 16.0. The number of aliphatic hydroxyl groups is 5. The summed E-state index contributed by atoms with van der Waals surface area (Å²) in [6.07, 6.45) is 62.4. The highest BCUT2D eigenvalue weighted by atomic mass is 16.7. The van der Waals surface area contributed by atoms with E-state index in [0.29, 0.717) is 19.4 Å². The molecule has 0 spiro atoms. The number of amides is 1. The number of ether oxygens (including phenoxy) is 3. The molecule has 0 saturated carbocycles. The Labute approximate surface area is 478 Å². The van der Waals surface area contributed by atoms with Gasteiger partial charge in [0.25, 0.3) is 0 Å². The summed E-state index contributed by atoms with van der Waals surface area (Å²) in [5, 5.41) is 54.2. The Hall–Kier alpha value is -2.38. The van der Waals surface area contributed by atoms with Crippen LogP contribution in [0.5, 0.6) is 0 Å². The molecule has 0 radical (unpaired) electrons. The smallest absolute Gasteiger partial charge is 0.305 e. The van der Waals surface area contributed by atoms with Gasteiger partial charge < -0.3 is 45.1 Å². The van der Waals surface area contributed by atoms with Gasteiger partial charge >= 0.3 is 5.97 Å². The number of aliphatic hydroxyl groups excluding tert-OH is 5. The molecule has 1 rings (SSSR count). The molecule has 7 atom stereocenters. The van der Waals surface area contributed by atoms with Gasteiger partial charge in [-0.1, -0.05) is 255 Å². The number of nitrogens with one attached hydrogen (secondary N) is 1. The highest BCUT2D eigenvalue weighted by molar-refractivity contribution is 5.76. The van der Waals surface area contributed by atoms with Crippen LogP contribution < -0.4 is 5.32 Å². The third-order valence-corrected chi connectivity index (χ3v) is 15.4. The molecule has 1 amide bonds. The molecule has 6 N–H and O–H groups in total. The van der Waals surface area contributed by atoms with Gasteiger partial charge in [-0.15, -0.1) is 0 Å². The van der Waals surface area contributed by atoms with E-state index in [1.54, 1.807) is 6.08 Å². The summed E-state index contributed by atoms with van der Waals surface area (Å²) < 4.78 is 16.7. The Bertz CT molecular complexity index is 1430. The molecule has 1 fully saturated rings. The van der Waals surface area contributed by atoms with Crippen LogP contribution in [0.3, 0.4) is 0 Å². The number of allylic oxidation sites excluding steroid dienone is 7. The molecule has 1 heterocycles. The summed E-state index contributed by atoms with van der Waals surface area (Å²) in [7, 11) is 0. The standard InChI is InChI=1S/C67H123NO10/c1-3-5-7-9-11-13-14-31-35-39-43-47-51-55-63(72)76-56-52-48-44-40-36-33-30-28-26-24-22-20-18-16-15-17-19-21-23-25-27-29-32-34-38-42-46-50-54-62(71)68-59(60(70)53-49-45-41-37-12-10-8-6-4-2)58-77-67-66(75)65(74)64(73)61(57-69)78-67/h7,9,13-16,49,53,59-61,64-67,69-70,73-75H,3-6,8,10-12,17-48,50-52,54-58H2,1-2H3,(H,68,71)/b9-7-,14-13-,16-15-,53-49+. The van der Waals surface area contributed by atoms with Crippen LogP contribution in [0.4, 0.5) is 0 Å². The third kappa shape index (κ3) is 45.3. The van der Waals surface area contributed by atoms with Crippen molar-refractivity contribution in [1.29, 1.82) is 0 Å². The Balaban J connectivity index is 1.95. The molecule has 0 aromatic heterocycles. The molecule has 456 valence electrons. The Kier molecular flexibility index (Phi) is 53.3. The van der Waals surface area contributed by atoms with E-state index in [-0.39, 0.29) is 18.5 Å². The van der Waals surface area contributed by atoms with Crippen molar-refractivity contribution in [3.63, 3.8) is 0 Å². The van der Waals surface area contributed by atoms with Crippen LogP contribution in [0.1, 0.15) is 303 Å². The van der Waals surface area contributed by atoms with Crippen LogP contribution in [-0.4, -0.2) is 100 Å². The van der Waals surface area contributed by atoms with E-state index >= 15 is 0 Å². The number of unbranched alkanes of at least 4 members (excludes halogenated alkanes) is 37. The van der Waals surface area contributed by atoms with Crippen molar-refractivity contribution >= 4 is 11.9 Å². The molecule has 1 aliphatic heterocycles. The molecule has 11 heteroatoms. The van der Waals surface area contributed by atoms with Gasteiger partial charge in [-0.05, 0) is 83.5 Å². The van der Waals surface area contributed by atoms with E-state index < -0.39 is 49.5 Å². The maximum absolute atomic E-state index is 13.0. The molecule has 1 saturated heterocycles. The zero-order valence-corrected chi connectivity index (χ0v) is 50.4. The average Bonchev–Trinajstić information content (AvgIpc) is 3.45. The van der Waals surface area contributed by atoms with Gasteiger partial charge in [-0.3, -0.25) is 9.59 Å². The van der Waals surface area contributed by atoms with E-state index in [9.17, 15) is 35.1 Å². The Morgan fingerprint density at radius 3 is 1.36 bits per heavy atom. The number of hydrogen-bond donors (Lipinski definition) is 6. The highest BCUT2D eigenvalue weighted by Gasteiger charge is 2.44. The summed E-state index contributed by atoms with van der Waals surface area (Å²) in [4.78, 5) is 25.0. The highest BCUT2D eigenvalue weighted by Crippen LogP contribution is 2.23. The van der Waals surface area contributed by atoms with E-state index in [0.717, 1.165) is 64.2 Å². The van der Waals surface area contributed by atoms with Crippen molar-refractivity contribution in [3.8, 4) is 0 Å². The van der Waals surface area contributed by atoms with E-state index in [4.69, 9.17) is 14.2 Å². The van der Waals surface area contributed by atoms with E-state index in [2.05, 4.69) is 55.6 Å². The molecular weight excluding hydrogens is 979 g/mol. The first-order valence-electron chi connectivity index (χ1n) is 32.9. The average molecular weight is 1100 g/mol. The van der Waals surface area contributed by atoms with Gasteiger partial charge in [0.15, 0.2) is 6.29 Å². The molecular formula is C67H123NO10. The first-order chi connectivity index (χ1) is 38.2. The quantitative estimate of drug-likeness (QED) is 0.0195. The summed E-state index contributed by atoms with van der Waals surface area (Å²) >= 11 is 0. The second-order valence-electron chi connectivity index (χ2n) is 22.8. The van der Waals surface area contributed by atoms with Gasteiger partial charge in [0.2, 0.25) is 5.91 Å². The van der Waals surface area contributed by atoms with Gasteiger partial charge in [0.1, 0.15) is 24.4 Å². The van der Waals surface area contributed by atoms with Crippen LogP contribution >= 0.6 is 0 Å². The molecule has 0 aromatic rings. The third-order valence-electron chi connectivity index (χ3n) is 15.4. The monoisotopic (exact) mass is 1100 g/mol. The van der Waals surface area contributed by atoms with E-state index in [1.165, 1.54) is 212 Å².